The first-order valence-electron chi connectivity index (χ1n) is 6.59. The molecule has 1 unspecified atom stereocenters. The second-order valence-corrected chi connectivity index (χ2v) is 6.73. The van der Waals surface area contributed by atoms with Gasteiger partial charge in [0, 0.05) is 23.8 Å². The molecule has 1 fully saturated rings. The van der Waals surface area contributed by atoms with Gasteiger partial charge in [0.1, 0.15) is 11.5 Å². The summed E-state index contributed by atoms with van der Waals surface area (Å²) in [6.45, 7) is 6.31. The predicted octanol–water partition coefficient (Wildman–Crippen LogP) is 1.83. The smallest absolute Gasteiger partial charge is 0.164 e. The molecule has 3 rings (SSSR count). The summed E-state index contributed by atoms with van der Waals surface area (Å²) < 4.78 is 5.77. The zero-order valence-electron chi connectivity index (χ0n) is 11.5. The Kier molecular flexibility index (Phi) is 2.31. The summed E-state index contributed by atoms with van der Waals surface area (Å²) in [5, 5.41) is 30.0. The van der Waals surface area contributed by atoms with Crippen LogP contribution in [-0.2, 0) is 5.41 Å². The van der Waals surface area contributed by atoms with Crippen molar-refractivity contribution in [1.82, 2.24) is 0 Å². The fourth-order valence-corrected chi connectivity index (χ4v) is 3.81. The van der Waals surface area contributed by atoms with Crippen molar-refractivity contribution >= 4 is 0 Å². The van der Waals surface area contributed by atoms with Gasteiger partial charge < -0.3 is 20.1 Å². The average Bonchev–Trinajstić information content (AvgIpc) is 2.66. The van der Waals surface area contributed by atoms with Crippen LogP contribution in [0.5, 0.6) is 11.5 Å². The Balaban J connectivity index is 2.18. The molecule has 0 radical (unpaired) electrons. The Morgan fingerprint density at radius 3 is 2.42 bits per heavy atom. The van der Waals surface area contributed by atoms with Crippen LogP contribution >= 0.6 is 0 Å². The van der Waals surface area contributed by atoms with Crippen LogP contribution in [0, 0.1) is 12.3 Å². The van der Waals surface area contributed by atoms with Crippen LogP contribution in [0.25, 0.3) is 0 Å². The van der Waals surface area contributed by atoms with Crippen LogP contribution < -0.4 is 4.74 Å². The zero-order valence-corrected chi connectivity index (χ0v) is 11.5. The summed E-state index contributed by atoms with van der Waals surface area (Å²) >= 11 is 0. The van der Waals surface area contributed by atoms with Crippen molar-refractivity contribution in [3.05, 3.63) is 23.3 Å². The molecule has 4 heteroatoms. The maximum absolute atomic E-state index is 10.0. The van der Waals surface area contributed by atoms with Crippen molar-refractivity contribution < 1.29 is 20.1 Å². The molecule has 1 aliphatic heterocycles. The average molecular weight is 264 g/mol. The Hall–Kier alpha value is -1.26. The molecule has 104 valence electrons. The molecule has 0 bridgehead atoms. The number of aryl methyl sites for hydroxylation is 1. The predicted molar refractivity (Wildman–Crippen MR) is 70.2 cm³/mol. The van der Waals surface area contributed by atoms with Crippen LogP contribution in [0.15, 0.2) is 12.1 Å². The van der Waals surface area contributed by atoms with Crippen molar-refractivity contribution in [3.8, 4) is 11.5 Å². The van der Waals surface area contributed by atoms with Gasteiger partial charge in [0.05, 0.1) is 6.61 Å². The molecule has 1 aliphatic carbocycles. The summed E-state index contributed by atoms with van der Waals surface area (Å²) in [6, 6.07) is 3.55. The van der Waals surface area contributed by atoms with E-state index in [1.165, 1.54) is 0 Å². The van der Waals surface area contributed by atoms with E-state index in [0.717, 1.165) is 16.9 Å². The molecule has 0 amide bonds. The van der Waals surface area contributed by atoms with Gasteiger partial charge in [-0.3, -0.25) is 0 Å². The van der Waals surface area contributed by atoms with Gasteiger partial charge in [-0.05, 0) is 30.0 Å². The number of aliphatic hydroxyl groups is 2. The molecule has 0 aromatic heterocycles. The molecule has 1 aromatic carbocycles. The largest absolute Gasteiger partial charge is 0.508 e. The third kappa shape index (κ3) is 1.60. The molecular weight excluding hydrogens is 244 g/mol. The molecule has 1 spiro atoms. The second kappa shape index (κ2) is 3.44. The summed E-state index contributed by atoms with van der Waals surface area (Å²) in [4.78, 5) is 0. The van der Waals surface area contributed by atoms with Gasteiger partial charge in [0.15, 0.2) is 5.79 Å². The zero-order chi connectivity index (χ0) is 14.1. The molecular formula is C15H20O4. The number of fused-ring (bicyclic) bond motifs is 2. The highest BCUT2D eigenvalue weighted by atomic mass is 16.5. The summed E-state index contributed by atoms with van der Waals surface area (Å²) in [5.74, 6) is -0.691. The Labute approximate surface area is 112 Å². The van der Waals surface area contributed by atoms with Gasteiger partial charge in [-0.2, -0.15) is 0 Å². The minimum Gasteiger partial charge on any atom is -0.508 e. The first kappa shape index (κ1) is 12.8. The number of ether oxygens (including phenoxy) is 1. The molecule has 1 atom stereocenters. The van der Waals surface area contributed by atoms with E-state index in [0.29, 0.717) is 13.0 Å². The van der Waals surface area contributed by atoms with E-state index in [1.54, 1.807) is 6.07 Å². The van der Waals surface area contributed by atoms with E-state index in [-0.39, 0.29) is 17.6 Å². The topological polar surface area (TPSA) is 69.9 Å². The van der Waals surface area contributed by atoms with Crippen molar-refractivity contribution in [1.29, 1.82) is 0 Å². The molecule has 4 nitrogen and oxygen atoms in total. The lowest BCUT2D eigenvalue weighted by molar-refractivity contribution is -0.160. The van der Waals surface area contributed by atoms with Crippen LogP contribution in [0.4, 0.5) is 0 Å². The Morgan fingerprint density at radius 1 is 1.16 bits per heavy atom. The lowest BCUT2D eigenvalue weighted by Crippen LogP contribution is -2.39. The third-order valence-electron chi connectivity index (χ3n) is 4.89. The molecule has 3 N–H and O–H groups in total. The monoisotopic (exact) mass is 264 g/mol. The third-order valence-corrected chi connectivity index (χ3v) is 4.89. The van der Waals surface area contributed by atoms with Gasteiger partial charge >= 0.3 is 0 Å². The highest BCUT2D eigenvalue weighted by molar-refractivity contribution is 5.53. The Bertz CT molecular complexity index is 547. The molecule has 19 heavy (non-hydrogen) atoms. The molecule has 1 aromatic rings. The van der Waals surface area contributed by atoms with Gasteiger partial charge in [-0.15, -0.1) is 0 Å². The first-order chi connectivity index (χ1) is 8.67. The van der Waals surface area contributed by atoms with Crippen molar-refractivity contribution in [2.75, 3.05) is 6.61 Å². The van der Waals surface area contributed by atoms with Crippen LogP contribution in [-0.4, -0.2) is 27.7 Å². The molecule has 2 aliphatic rings. The number of hydrogen-bond acceptors (Lipinski definition) is 4. The molecule has 0 saturated heterocycles. The number of phenols is 1. The number of benzene rings is 1. The maximum Gasteiger partial charge on any atom is 0.164 e. The van der Waals surface area contributed by atoms with Crippen LogP contribution in [0.3, 0.4) is 0 Å². The van der Waals surface area contributed by atoms with E-state index in [1.807, 2.05) is 26.8 Å². The van der Waals surface area contributed by atoms with E-state index < -0.39 is 11.2 Å². The number of rotatable bonds is 0. The lowest BCUT2D eigenvalue weighted by Gasteiger charge is -2.36. The fraction of sp³-hybridized carbons (Fsp3) is 0.600. The SMILES string of the molecule is Cc1cc2c(cc1O)C1(CO2)CC(O)(O)CC1(C)C. The van der Waals surface area contributed by atoms with Gasteiger partial charge in [0.25, 0.3) is 0 Å². The van der Waals surface area contributed by atoms with E-state index >= 15 is 0 Å². The number of phenolic OH excluding ortho intramolecular Hbond substituents is 1. The molecule has 1 saturated carbocycles. The quantitative estimate of drug-likeness (QED) is 0.625. The fourth-order valence-electron chi connectivity index (χ4n) is 3.81. The highest BCUT2D eigenvalue weighted by Gasteiger charge is 2.62. The van der Waals surface area contributed by atoms with Gasteiger partial charge in [0.2, 0.25) is 0 Å². The summed E-state index contributed by atoms with van der Waals surface area (Å²) in [7, 11) is 0. The molecule has 1 heterocycles. The number of aromatic hydroxyl groups is 1. The van der Waals surface area contributed by atoms with Gasteiger partial charge in [-0.25, -0.2) is 0 Å². The van der Waals surface area contributed by atoms with E-state index in [2.05, 4.69) is 0 Å². The highest BCUT2D eigenvalue weighted by Crippen LogP contribution is 2.61. The van der Waals surface area contributed by atoms with Crippen LogP contribution in [0.1, 0.15) is 37.8 Å². The maximum atomic E-state index is 10.0. The van der Waals surface area contributed by atoms with E-state index in [9.17, 15) is 15.3 Å². The Morgan fingerprint density at radius 2 is 1.84 bits per heavy atom. The first-order valence-corrected chi connectivity index (χ1v) is 6.59. The minimum atomic E-state index is -1.67. The van der Waals surface area contributed by atoms with Crippen molar-refractivity contribution in [2.24, 2.45) is 5.41 Å². The normalized spacial score (nSPS) is 30.4. The van der Waals surface area contributed by atoms with Crippen LogP contribution in [0.2, 0.25) is 0 Å². The minimum absolute atomic E-state index is 0.229. The van der Waals surface area contributed by atoms with Gasteiger partial charge in [-0.1, -0.05) is 13.8 Å². The summed E-state index contributed by atoms with van der Waals surface area (Å²) in [6.07, 6.45) is 0.542. The van der Waals surface area contributed by atoms with E-state index in [4.69, 9.17) is 4.74 Å². The number of hydrogen-bond donors (Lipinski definition) is 3. The van der Waals surface area contributed by atoms with Crippen molar-refractivity contribution in [3.63, 3.8) is 0 Å². The lowest BCUT2D eigenvalue weighted by atomic mass is 9.65. The summed E-state index contributed by atoms with van der Waals surface area (Å²) in [5.41, 5.74) is 0.914. The standard InChI is InChI=1S/C15H20O4/c1-9-4-12-10(5-11(9)16)14(8-19-12)7-15(17,18)6-13(14,2)3/h4-5,16-18H,6-8H2,1-3H3. The second-order valence-electron chi connectivity index (χ2n) is 6.73. The van der Waals surface area contributed by atoms with Crippen molar-refractivity contribution in [2.45, 2.75) is 44.8 Å².